The Hall–Kier alpha value is -2.41. The number of benzene rings is 2. The molecule has 0 aliphatic rings. The Bertz CT molecular complexity index is 665. The highest BCUT2D eigenvalue weighted by atomic mass is 19.4. The lowest BCUT2D eigenvalue weighted by molar-refractivity contribution is -0.274. The van der Waals surface area contributed by atoms with Crippen LogP contribution in [0.3, 0.4) is 0 Å². The second kappa shape index (κ2) is 8.11. The molecule has 25 heavy (non-hydrogen) atoms. The summed E-state index contributed by atoms with van der Waals surface area (Å²) in [5.41, 5.74) is 1.71. The lowest BCUT2D eigenvalue weighted by atomic mass is 10.1. The van der Waals surface area contributed by atoms with E-state index in [1.54, 1.807) is 26.4 Å². The zero-order valence-electron chi connectivity index (χ0n) is 14.2. The molecule has 0 saturated heterocycles. The van der Waals surface area contributed by atoms with Crippen molar-refractivity contribution < 1.29 is 27.4 Å². The average molecular weight is 355 g/mol. The predicted molar refractivity (Wildman–Crippen MR) is 87.9 cm³/mol. The van der Waals surface area contributed by atoms with Crippen LogP contribution in [0.2, 0.25) is 0 Å². The molecule has 0 radical (unpaired) electrons. The third-order valence-electron chi connectivity index (χ3n) is 3.67. The summed E-state index contributed by atoms with van der Waals surface area (Å²) in [7, 11) is 3.18. The fraction of sp³-hybridized carbons (Fsp3) is 0.333. The van der Waals surface area contributed by atoms with E-state index in [4.69, 9.17) is 9.47 Å². The Morgan fingerprint density at radius 1 is 0.960 bits per heavy atom. The van der Waals surface area contributed by atoms with E-state index in [-0.39, 0.29) is 11.8 Å². The van der Waals surface area contributed by atoms with Crippen molar-refractivity contribution in [2.75, 3.05) is 14.2 Å². The number of halogens is 3. The van der Waals surface area contributed by atoms with Crippen LogP contribution in [0.5, 0.6) is 17.2 Å². The minimum absolute atomic E-state index is 0.0859. The van der Waals surface area contributed by atoms with Crippen molar-refractivity contribution in [1.82, 2.24) is 5.32 Å². The van der Waals surface area contributed by atoms with Crippen molar-refractivity contribution in [2.45, 2.75) is 25.9 Å². The Labute approximate surface area is 144 Å². The van der Waals surface area contributed by atoms with Crippen molar-refractivity contribution in [3.63, 3.8) is 0 Å². The number of rotatable bonds is 7. The standard InChI is InChI=1S/C18H20F3NO3/c1-12(17-15(23-2)5-4-6-16(17)24-3)22-11-13-7-9-14(10-8-13)25-18(19,20)21/h4-10,12,22H,11H2,1-3H3. The molecule has 136 valence electrons. The molecule has 2 aromatic rings. The third-order valence-corrected chi connectivity index (χ3v) is 3.67. The predicted octanol–water partition coefficient (Wildman–Crippen LogP) is 4.45. The molecular weight excluding hydrogens is 335 g/mol. The van der Waals surface area contributed by atoms with Gasteiger partial charge in [-0.05, 0) is 36.8 Å². The number of nitrogens with one attached hydrogen (secondary N) is 1. The summed E-state index contributed by atoms with van der Waals surface area (Å²) >= 11 is 0. The summed E-state index contributed by atoms with van der Waals surface area (Å²) in [5, 5.41) is 3.31. The molecule has 4 nitrogen and oxygen atoms in total. The number of methoxy groups -OCH3 is 2. The lowest BCUT2D eigenvalue weighted by Crippen LogP contribution is -2.19. The molecule has 0 aliphatic carbocycles. The van der Waals surface area contributed by atoms with Crippen molar-refractivity contribution in [1.29, 1.82) is 0 Å². The molecular formula is C18H20F3NO3. The van der Waals surface area contributed by atoms with Gasteiger partial charge in [-0.1, -0.05) is 18.2 Å². The maximum Gasteiger partial charge on any atom is 0.573 e. The van der Waals surface area contributed by atoms with Crippen LogP contribution in [0.4, 0.5) is 13.2 Å². The van der Waals surface area contributed by atoms with Gasteiger partial charge in [0.05, 0.1) is 19.8 Å². The molecule has 2 rings (SSSR count). The summed E-state index contributed by atoms with van der Waals surface area (Å²) in [6, 6.07) is 11.2. The van der Waals surface area contributed by atoms with Gasteiger partial charge in [-0.15, -0.1) is 13.2 Å². The van der Waals surface area contributed by atoms with Crippen molar-refractivity contribution in [3.8, 4) is 17.2 Å². The number of ether oxygens (including phenoxy) is 3. The molecule has 1 unspecified atom stereocenters. The monoisotopic (exact) mass is 355 g/mol. The summed E-state index contributed by atoms with van der Waals surface area (Å²) in [6.45, 7) is 2.43. The summed E-state index contributed by atoms with van der Waals surface area (Å²) < 4.78 is 51.1. The van der Waals surface area contributed by atoms with Gasteiger partial charge in [-0.2, -0.15) is 0 Å². The van der Waals surface area contributed by atoms with Crippen molar-refractivity contribution >= 4 is 0 Å². The van der Waals surface area contributed by atoms with Gasteiger partial charge in [0.15, 0.2) is 0 Å². The normalized spacial score (nSPS) is 12.6. The smallest absolute Gasteiger partial charge is 0.496 e. The van der Waals surface area contributed by atoms with Crippen LogP contribution in [-0.4, -0.2) is 20.6 Å². The number of alkyl halides is 3. The highest BCUT2D eigenvalue weighted by molar-refractivity contribution is 5.46. The fourth-order valence-electron chi connectivity index (χ4n) is 2.49. The second-order valence-electron chi connectivity index (χ2n) is 5.37. The maximum atomic E-state index is 12.2. The Balaban J connectivity index is 2.04. The molecule has 0 aliphatic heterocycles. The quantitative estimate of drug-likeness (QED) is 0.796. The zero-order chi connectivity index (χ0) is 18.4. The first-order chi connectivity index (χ1) is 11.8. The van der Waals surface area contributed by atoms with Gasteiger partial charge in [0, 0.05) is 12.6 Å². The van der Waals surface area contributed by atoms with Gasteiger partial charge in [-0.25, -0.2) is 0 Å². The fourth-order valence-corrected chi connectivity index (χ4v) is 2.49. The van der Waals surface area contributed by atoms with Gasteiger partial charge >= 0.3 is 6.36 Å². The first-order valence-electron chi connectivity index (χ1n) is 7.63. The van der Waals surface area contributed by atoms with Crippen LogP contribution < -0.4 is 19.5 Å². The molecule has 1 N–H and O–H groups in total. The Morgan fingerprint density at radius 2 is 1.52 bits per heavy atom. The van der Waals surface area contributed by atoms with E-state index in [1.807, 2.05) is 25.1 Å². The van der Waals surface area contributed by atoms with Crippen LogP contribution in [0, 0.1) is 0 Å². The summed E-state index contributed by atoms with van der Waals surface area (Å²) in [4.78, 5) is 0. The van der Waals surface area contributed by atoms with Crippen LogP contribution in [-0.2, 0) is 6.54 Å². The molecule has 0 spiro atoms. The maximum absolute atomic E-state index is 12.2. The molecule has 7 heteroatoms. The molecule has 1 atom stereocenters. The average Bonchev–Trinajstić information content (AvgIpc) is 2.58. The highest BCUT2D eigenvalue weighted by Gasteiger charge is 2.30. The molecule has 0 bridgehead atoms. The van der Waals surface area contributed by atoms with Crippen LogP contribution in [0.1, 0.15) is 24.1 Å². The zero-order valence-corrected chi connectivity index (χ0v) is 14.2. The number of hydrogen-bond donors (Lipinski definition) is 1. The van der Waals surface area contributed by atoms with E-state index in [0.29, 0.717) is 18.0 Å². The van der Waals surface area contributed by atoms with Crippen LogP contribution in [0.15, 0.2) is 42.5 Å². The summed E-state index contributed by atoms with van der Waals surface area (Å²) in [6.07, 6.45) is -4.69. The molecule has 0 heterocycles. The minimum Gasteiger partial charge on any atom is -0.496 e. The van der Waals surface area contributed by atoms with E-state index >= 15 is 0 Å². The van der Waals surface area contributed by atoms with E-state index < -0.39 is 6.36 Å². The molecule has 2 aromatic carbocycles. The highest BCUT2D eigenvalue weighted by Crippen LogP contribution is 2.34. The largest absolute Gasteiger partial charge is 0.573 e. The van der Waals surface area contributed by atoms with E-state index in [1.165, 1.54) is 12.1 Å². The number of hydrogen-bond acceptors (Lipinski definition) is 4. The van der Waals surface area contributed by atoms with Gasteiger partial charge < -0.3 is 19.5 Å². The van der Waals surface area contributed by atoms with Gasteiger partial charge in [0.1, 0.15) is 17.2 Å². The summed E-state index contributed by atoms with van der Waals surface area (Å²) in [5.74, 6) is 1.16. The first kappa shape index (κ1) is 18.9. The van der Waals surface area contributed by atoms with Crippen molar-refractivity contribution in [3.05, 3.63) is 53.6 Å². The van der Waals surface area contributed by atoms with Crippen LogP contribution >= 0.6 is 0 Å². The third kappa shape index (κ3) is 5.29. The van der Waals surface area contributed by atoms with Gasteiger partial charge in [0.2, 0.25) is 0 Å². The molecule has 0 fully saturated rings. The van der Waals surface area contributed by atoms with Crippen molar-refractivity contribution in [2.24, 2.45) is 0 Å². The minimum atomic E-state index is -4.69. The molecule has 0 aromatic heterocycles. The Morgan fingerprint density at radius 3 is 2.00 bits per heavy atom. The topological polar surface area (TPSA) is 39.7 Å². The lowest BCUT2D eigenvalue weighted by Gasteiger charge is -2.20. The molecule has 0 amide bonds. The van der Waals surface area contributed by atoms with E-state index in [0.717, 1.165) is 11.1 Å². The van der Waals surface area contributed by atoms with Gasteiger partial charge in [0.25, 0.3) is 0 Å². The van der Waals surface area contributed by atoms with Crippen LogP contribution in [0.25, 0.3) is 0 Å². The van der Waals surface area contributed by atoms with Gasteiger partial charge in [-0.3, -0.25) is 0 Å². The van der Waals surface area contributed by atoms with E-state index in [9.17, 15) is 13.2 Å². The Kier molecular flexibility index (Phi) is 6.14. The first-order valence-corrected chi connectivity index (χ1v) is 7.63. The molecule has 0 saturated carbocycles. The SMILES string of the molecule is COc1cccc(OC)c1C(C)NCc1ccc(OC(F)(F)F)cc1. The second-order valence-corrected chi connectivity index (χ2v) is 5.37. The van der Waals surface area contributed by atoms with E-state index in [2.05, 4.69) is 10.1 Å².